The van der Waals surface area contributed by atoms with Crippen molar-refractivity contribution in [3.8, 4) is 0 Å². The van der Waals surface area contributed by atoms with E-state index in [0.717, 1.165) is 30.9 Å². The first-order chi connectivity index (χ1) is 8.33. The molecule has 0 radical (unpaired) electrons. The van der Waals surface area contributed by atoms with Gasteiger partial charge in [0.1, 0.15) is 11.3 Å². The largest absolute Gasteiger partial charge is 0.379 e. The lowest BCUT2D eigenvalue weighted by molar-refractivity contribution is 0.0765. The topological polar surface area (TPSA) is 49.9 Å². The SMILES string of the molecule is Fc1cccc2[nH]c(CC3COCCN3)nc12. The summed E-state index contributed by atoms with van der Waals surface area (Å²) < 4.78 is 18.8. The van der Waals surface area contributed by atoms with Crippen molar-refractivity contribution in [3.63, 3.8) is 0 Å². The number of para-hydroxylation sites is 1. The first kappa shape index (κ1) is 10.7. The standard InChI is InChI=1S/C12H14FN3O/c13-9-2-1-3-10-12(9)16-11(15-10)6-8-7-17-5-4-14-8/h1-3,8,14H,4-7H2,(H,15,16). The number of nitrogens with zero attached hydrogens (tertiary/aromatic N) is 1. The molecule has 1 unspecified atom stereocenters. The van der Waals surface area contributed by atoms with Crippen molar-refractivity contribution in [3.05, 3.63) is 29.8 Å². The molecule has 1 saturated heterocycles. The Morgan fingerprint density at radius 3 is 3.18 bits per heavy atom. The van der Waals surface area contributed by atoms with Gasteiger partial charge in [-0.1, -0.05) is 6.07 Å². The summed E-state index contributed by atoms with van der Waals surface area (Å²) in [6, 6.07) is 5.20. The van der Waals surface area contributed by atoms with Gasteiger partial charge in [-0.3, -0.25) is 0 Å². The fourth-order valence-corrected chi connectivity index (χ4v) is 2.13. The maximum Gasteiger partial charge on any atom is 0.151 e. The lowest BCUT2D eigenvalue weighted by atomic mass is 10.2. The predicted octanol–water partition coefficient (Wildman–Crippen LogP) is 1.23. The molecule has 3 rings (SSSR count). The van der Waals surface area contributed by atoms with Gasteiger partial charge >= 0.3 is 0 Å². The highest BCUT2D eigenvalue weighted by Gasteiger charge is 2.16. The second-order valence-electron chi connectivity index (χ2n) is 4.25. The van der Waals surface area contributed by atoms with Crippen LogP contribution in [0.4, 0.5) is 4.39 Å². The van der Waals surface area contributed by atoms with Crippen molar-refractivity contribution in [1.29, 1.82) is 0 Å². The van der Waals surface area contributed by atoms with E-state index in [0.29, 0.717) is 12.1 Å². The third kappa shape index (κ3) is 2.16. The van der Waals surface area contributed by atoms with Gasteiger partial charge in [-0.25, -0.2) is 9.37 Å². The monoisotopic (exact) mass is 235 g/mol. The molecule has 2 aromatic rings. The third-order valence-electron chi connectivity index (χ3n) is 2.95. The lowest BCUT2D eigenvalue weighted by Crippen LogP contribution is -2.42. The van der Waals surface area contributed by atoms with Crippen LogP contribution in [0, 0.1) is 5.82 Å². The van der Waals surface area contributed by atoms with Crippen LogP contribution in [0.2, 0.25) is 0 Å². The van der Waals surface area contributed by atoms with E-state index < -0.39 is 0 Å². The minimum Gasteiger partial charge on any atom is -0.379 e. The number of ether oxygens (including phenoxy) is 1. The van der Waals surface area contributed by atoms with Gasteiger partial charge in [0.25, 0.3) is 0 Å². The van der Waals surface area contributed by atoms with Crippen LogP contribution in [0.3, 0.4) is 0 Å². The van der Waals surface area contributed by atoms with Gasteiger partial charge in [-0.05, 0) is 12.1 Å². The number of rotatable bonds is 2. The van der Waals surface area contributed by atoms with Crippen molar-refractivity contribution < 1.29 is 9.13 Å². The fourth-order valence-electron chi connectivity index (χ4n) is 2.13. The fraction of sp³-hybridized carbons (Fsp3) is 0.417. The molecular weight excluding hydrogens is 221 g/mol. The number of H-pyrrole nitrogens is 1. The Kier molecular flexibility index (Phi) is 2.78. The van der Waals surface area contributed by atoms with Gasteiger partial charge in [-0.2, -0.15) is 0 Å². The minimum atomic E-state index is -0.280. The number of morpholine rings is 1. The normalized spacial score (nSPS) is 20.9. The summed E-state index contributed by atoms with van der Waals surface area (Å²) in [5.41, 5.74) is 1.16. The second-order valence-corrected chi connectivity index (χ2v) is 4.25. The van der Waals surface area contributed by atoms with Crippen molar-refractivity contribution in [2.24, 2.45) is 0 Å². The summed E-state index contributed by atoms with van der Waals surface area (Å²) in [4.78, 5) is 7.42. The van der Waals surface area contributed by atoms with Crippen LogP contribution in [0.25, 0.3) is 11.0 Å². The first-order valence-electron chi connectivity index (χ1n) is 5.77. The number of aromatic nitrogens is 2. The van der Waals surface area contributed by atoms with E-state index in [1.165, 1.54) is 6.07 Å². The third-order valence-corrected chi connectivity index (χ3v) is 2.95. The van der Waals surface area contributed by atoms with Crippen molar-refractivity contribution in [1.82, 2.24) is 15.3 Å². The van der Waals surface area contributed by atoms with Gasteiger partial charge in [0.2, 0.25) is 0 Å². The van der Waals surface area contributed by atoms with E-state index in [1.54, 1.807) is 6.07 Å². The molecule has 1 aromatic heterocycles. The molecule has 2 heterocycles. The van der Waals surface area contributed by atoms with E-state index in [2.05, 4.69) is 15.3 Å². The van der Waals surface area contributed by atoms with E-state index in [4.69, 9.17) is 4.74 Å². The molecule has 1 fully saturated rings. The number of aromatic amines is 1. The molecular formula is C12H14FN3O. The summed E-state index contributed by atoms with van der Waals surface area (Å²) >= 11 is 0. The van der Waals surface area contributed by atoms with Crippen molar-refractivity contribution in [2.45, 2.75) is 12.5 Å². The second kappa shape index (κ2) is 4.43. The molecule has 5 heteroatoms. The molecule has 17 heavy (non-hydrogen) atoms. The Balaban J connectivity index is 1.83. The van der Waals surface area contributed by atoms with Gasteiger partial charge < -0.3 is 15.0 Å². The Labute approximate surface area is 98.2 Å². The number of benzene rings is 1. The highest BCUT2D eigenvalue weighted by molar-refractivity contribution is 5.75. The number of hydrogen-bond donors (Lipinski definition) is 2. The van der Waals surface area contributed by atoms with Crippen LogP contribution in [0.5, 0.6) is 0 Å². The number of nitrogens with one attached hydrogen (secondary N) is 2. The molecule has 2 N–H and O–H groups in total. The summed E-state index contributed by atoms with van der Waals surface area (Å²) in [5, 5.41) is 3.35. The zero-order valence-corrected chi connectivity index (χ0v) is 9.37. The first-order valence-corrected chi connectivity index (χ1v) is 5.77. The van der Waals surface area contributed by atoms with Gasteiger partial charge in [0.15, 0.2) is 5.82 Å². The predicted molar refractivity (Wildman–Crippen MR) is 62.4 cm³/mol. The maximum atomic E-state index is 13.5. The Morgan fingerprint density at radius 1 is 1.47 bits per heavy atom. The van der Waals surface area contributed by atoms with Gasteiger partial charge in [-0.15, -0.1) is 0 Å². The van der Waals surface area contributed by atoms with E-state index in [9.17, 15) is 4.39 Å². The van der Waals surface area contributed by atoms with Crippen LogP contribution < -0.4 is 5.32 Å². The molecule has 0 amide bonds. The van der Waals surface area contributed by atoms with Gasteiger partial charge in [0.05, 0.1) is 18.7 Å². The average Bonchev–Trinajstić information content (AvgIpc) is 2.74. The van der Waals surface area contributed by atoms with Crippen LogP contribution >= 0.6 is 0 Å². The molecule has 0 spiro atoms. The molecule has 0 bridgehead atoms. The number of imidazole rings is 1. The van der Waals surface area contributed by atoms with E-state index in [1.807, 2.05) is 6.07 Å². The average molecular weight is 235 g/mol. The molecule has 1 aliphatic rings. The lowest BCUT2D eigenvalue weighted by Gasteiger charge is -2.22. The molecule has 1 atom stereocenters. The summed E-state index contributed by atoms with van der Waals surface area (Å²) in [6.45, 7) is 2.30. The number of halogens is 1. The minimum absolute atomic E-state index is 0.257. The molecule has 1 aromatic carbocycles. The zero-order valence-electron chi connectivity index (χ0n) is 9.37. The summed E-state index contributed by atoms with van der Waals surface area (Å²) in [7, 11) is 0. The highest BCUT2D eigenvalue weighted by Crippen LogP contribution is 2.15. The van der Waals surface area contributed by atoms with Crippen molar-refractivity contribution >= 4 is 11.0 Å². The van der Waals surface area contributed by atoms with Crippen LogP contribution in [-0.2, 0) is 11.2 Å². The Hall–Kier alpha value is -1.46. The van der Waals surface area contributed by atoms with Crippen molar-refractivity contribution in [2.75, 3.05) is 19.8 Å². The molecule has 4 nitrogen and oxygen atoms in total. The van der Waals surface area contributed by atoms with Crippen LogP contribution in [-0.4, -0.2) is 35.8 Å². The summed E-state index contributed by atoms with van der Waals surface area (Å²) in [6.07, 6.45) is 0.730. The molecule has 0 saturated carbocycles. The van der Waals surface area contributed by atoms with E-state index >= 15 is 0 Å². The highest BCUT2D eigenvalue weighted by atomic mass is 19.1. The van der Waals surface area contributed by atoms with Crippen LogP contribution in [0.1, 0.15) is 5.82 Å². The van der Waals surface area contributed by atoms with Crippen LogP contribution in [0.15, 0.2) is 18.2 Å². The number of hydrogen-bond acceptors (Lipinski definition) is 3. The summed E-state index contributed by atoms with van der Waals surface area (Å²) in [5.74, 6) is 0.519. The Bertz CT molecular complexity index is 519. The zero-order chi connectivity index (χ0) is 11.7. The molecule has 90 valence electrons. The quantitative estimate of drug-likeness (QED) is 0.823. The Morgan fingerprint density at radius 2 is 2.41 bits per heavy atom. The van der Waals surface area contributed by atoms with E-state index in [-0.39, 0.29) is 11.9 Å². The smallest absolute Gasteiger partial charge is 0.151 e. The maximum absolute atomic E-state index is 13.5. The van der Waals surface area contributed by atoms with Gasteiger partial charge in [0, 0.05) is 19.0 Å². The number of fused-ring (bicyclic) bond motifs is 1. The molecule has 0 aliphatic carbocycles. The molecule has 1 aliphatic heterocycles.